The van der Waals surface area contributed by atoms with Crippen LogP contribution in [0.1, 0.15) is 22.8 Å². The second-order valence-electron chi connectivity index (χ2n) is 4.60. The van der Waals surface area contributed by atoms with E-state index >= 15 is 0 Å². The van der Waals surface area contributed by atoms with Crippen molar-refractivity contribution in [1.29, 1.82) is 0 Å². The van der Waals surface area contributed by atoms with E-state index in [2.05, 4.69) is 10.5 Å². The van der Waals surface area contributed by atoms with Crippen LogP contribution in [0.15, 0.2) is 59.8 Å². The molecule has 5 heteroatoms. The fourth-order valence-electron chi connectivity index (χ4n) is 1.72. The Morgan fingerprint density at radius 1 is 1.09 bits per heavy atom. The first-order valence-electron chi connectivity index (χ1n) is 6.76. The molecule has 0 spiro atoms. The van der Waals surface area contributed by atoms with Crippen molar-refractivity contribution in [3.05, 3.63) is 65.7 Å². The second-order valence-corrected chi connectivity index (χ2v) is 4.60. The third-order valence-corrected chi connectivity index (χ3v) is 2.85. The Morgan fingerprint density at radius 2 is 1.77 bits per heavy atom. The van der Waals surface area contributed by atoms with Crippen LogP contribution >= 0.6 is 0 Å². The lowest BCUT2D eigenvalue weighted by Gasteiger charge is -2.04. The van der Waals surface area contributed by atoms with E-state index in [4.69, 9.17) is 4.84 Å². The minimum Gasteiger partial charge on any atom is -0.386 e. The van der Waals surface area contributed by atoms with E-state index in [9.17, 15) is 9.59 Å². The van der Waals surface area contributed by atoms with E-state index in [0.29, 0.717) is 11.3 Å². The highest BCUT2D eigenvalue weighted by atomic mass is 16.6. The molecule has 0 saturated carbocycles. The van der Waals surface area contributed by atoms with Gasteiger partial charge in [-0.25, -0.2) is 0 Å². The molecular formula is C17H16N2O3. The number of oxime groups is 1. The summed E-state index contributed by atoms with van der Waals surface area (Å²) in [7, 11) is 0. The van der Waals surface area contributed by atoms with Crippen molar-refractivity contribution in [1.82, 2.24) is 0 Å². The average molecular weight is 296 g/mol. The first-order valence-corrected chi connectivity index (χ1v) is 6.76. The van der Waals surface area contributed by atoms with Gasteiger partial charge in [-0.05, 0) is 36.8 Å². The summed E-state index contributed by atoms with van der Waals surface area (Å²) in [5.74, 6) is -0.336. The Kier molecular flexibility index (Phi) is 5.43. The van der Waals surface area contributed by atoms with Crippen molar-refractivity contribution in [2.45, 2.75) is 6.92 Å². The Bertz CT molecular complexity index is 664. The van der Waals surface area contributed by atoms with Crippen molar-refractivity contribution in [2.24, 2.45) is 5.16 Å². The van der Waals surface area contributed by atoms with Gasteiger partial charge in [0.25, 0.3) is 5.91 Å². The number of ketones is 1. The molecule has 2 aromatic carbocycles. The molecule has 2 aromatic rings. The summed E-state index contributed by atoms with van der Waals surface area (Å²) >= 11 is 0. The number of rotatable bonds is 6. The average Bonchev–Trinajstić information content (AvgIpc) is 2.53. The van der Waals surface area contributed by atoms with Crippen molar-refractivity contribution < 1.29 is 14.4 Å². The first-order chi connectivity index (χ1) is 10.6. The predicted molar refractivity (Wildman–Crippen MR) is 85.1 cm³/mol. The van der Waals surface area contributed by atoms with Gasteiger partial charge in [0.2, 0.25) is 0 Å². The molecule has 1 amide bonds. The van der Waals surface area contributed by atoms with Crippen LogP contribution < -0.4 is 5.32 Å². The topological polar surface area (TPSA) is 67.8 Å². The summed E-state index contributed by atoms with van der Waals surface area (Å²) in [4.78, 5) is 27.7. The zero-order valence-electron chi connectivity index (χ0n) is 12.2. The molecule has 0 unspecified atom stereocenters. The summed E-state index contributed by atoms with van der Waals surface area (Å²) < 4.78 is 0. The minimum atomic E-state index is -0.319. The highest BCUT2D eigenvalue weighted by Crippen LogP contribution is 2.09. The molecule has 2 rings (SSSR count). The number of hydrogen-bond acceptors (Lipinski definition) is 4. The van der Waals surface area contributed by atoms with E-state index in [-0.39, 0.29) is 18.3 Å². The lowest BCUT2D eigenvalue weighted by molar-refractivity contribution is -0.120. The number of amides is 1. The molecule has 0 heterocycles. The maximum absolute atomic E-state index is 11.7. The maximum Gasteiger partial charge on any atom is 0.265 e. The van der Waals surface area contributed by atoms with Crippen molar-refractivity contribution in [3.63, 3.8) is 0 Å². The van der Waals surface area contributed by atoms with Gasteiger partial charge < -0.3 is 10.2 Å². The Labute approximate surface area is 128 Å². The summed E-state index contributed by atoms with van der Waals surface area (Å²) in [6.07, 6.45) is 1.54. The smallest absolute Gasteiger partial charge is 0.265 e. The maximum atomic E-state index is 11.7. The van der Waals surface area contributed by atoms with Gasteiger partial charge in [0.05, 0.1) is 6.21 Å². The normalized spacial score (nSPS) is 10.4. The number of nitrogens with zero attached hydrogens (tertiary/aromatic N) is 1. The fraction of sp³-hybridized carbons (Fsp3) is 0.118. The number of anilines is 1. The summed E-state index contributed by atoms with van der Waals surface area (Å²) in [6, 6.07) is 16.1. The van der Waals surface area contributed by atoms with E-state index < -0.39 is 0 Å². The highest BCUT2D eigenvalue weighted by molar-refractivity contribution is 5.95. The van der Waals surface area contributed by atoms with Gasteiger partial charge in [-0.3, -0.25) is 9.59 Å². The summed E-state index contributed by atoms with van der Waals surface area (Å²) in [5, 5.41) is 6.39. The Balaban J connectivity index is 1.78. The van der Waals surface area contributed by atoms with Crippen LogP contribution in [0.3, 0.4) is 0 Å². The van der Waals surface area contributed by atoms with E-state index in [1.807, 2.05) is 30.3 Å². The van der Waals surface area contributed by atoms with Crippen LogP contribution in [-0.4, -0.2) is 24.5 Å². The quantitative estimate of drug-likeness (QED) is 0.506. The molecule has 0 atom stereocenters. The third kappa shape index (κ3) is 4.86. The SMILES string of the molecule is CC(=O)c1ccc(NC(=O)CO/N=C\c2ccccc2)cc1. The van der Waals surface area contributed by atoms with E-state index in [1.54, 1.807) is 24.3 Å². The van der Waals surface area contributed by atoms with Crippen LogP contribution in [0.4, 0.5) is 5.69 Å². The van der Waals surface area contributed by atoms with Crippen molar-refractivity contribution in [3.8, 4) is 0 Å². The predicted octanol–water partition coefficient (Wildman–Crippen LogP) is 2.88. The van der Waals surface area contributed by atoms with Gasteiger partial charge in [-0.15, -0.1) is 0 Å². The van der Waals surface area contributed by atoms with Crippen LogP contribution in [0.25, 0.3) is 0 Å². The molecule has 1 N–H and O–H groups in total. The monoisotopic (exact) mass is 296 g/mol. The zero-order chi connectivity index (χ0) is 15.8. The molecule has 0 radical (unpaired) electrons. The number of carbonyl (C=O) groups excluding carboxylic acids is 2. The molecular weight excluding hydrogens is 280 g/mol. The lowest BCUT2D eigenvalue weighted by atomic mass is 10.1. The van der Waals surface area contributed by atoms with Crippen LogP contribution in [0.2, 0.25) is 0 Å². The number of Topliss-reactive ketones (excluding diaryl/α,β-unsaturated/α-hetero) is 1. The zero-order valence-corrected chi connectivity index (χ0v) is 12.2. The molecule has 0 fully saturated rings. The van der Waals surface area contributed by atoms with Gasteiger partial charge in [-0.1, -0.05) is 35.5 Å². The Morgan fingerprint density at radius 3 is 2.41 bits per heavy atom. The van der Waals surface area contributed by atoms with Crippen LogP contribution in [0, 0.1) is 0 Å². The van der Waals surface area contributed by atoms with Gasteiger partial charge >= 0.3 is 0 Å². The van der Waals surface area contributed by atoms with Gasteiger partial charge in [0, 0.05) is 11.3 Å². The highest BCUT2D eigenvalue weighted by Gasteiger charge is 2.03. The van der Waals surface area contributed by atoms with Crippen molar-refractivity contribution in [2.75, 3.05) is 11.9 Å². The van der Waals surface area contributed by atoms with Gasteiger partial charge in [0.1, 0.15) is 0 Å². The molecule has 0 aromatic heterocycles. The first kappa shape index (κ1) is 15.4. The third-order valence-electron chi connectivity index (χ3n) is 2.85. The number of carbonyl (C=O) groups is 2. The van der Waals surface area contributed by atoms with E-state index in [0.717, 1.165) is 5.56 Å². The van der Waals surface area contributed by atoms with E-state index in [1.165, 1.54) is 13.1 Å². The molecule has 0 bridgehead atoms. The summed E-state index contributed by atoms with van der Waals surface area (Å²) in [6.45, 7) is 1.31. The minimum absolute atomic E-state index is 0.0172. The summed E-state index contributed by atoms with van der Waals surface area (Å²) in [5.41, 5.74) is 2.09. The molecule has 112 valence electrons. The van der Waals surface area contributed by atoms with Crippen LogP contribution in [0.5, 0.6) is 0 Å². The Hall–Kier alpha value is -2.95. The standard InChI is InChI=1S/C17H16N2O3/c1-13(20)15-7-9-16(10-8-15)19-17(21)12-22-18-11-14-5-3-2-4-6-14/h2-11H,12H2,1H3,(H,19,21)/b18-11-. The largest absolute Gasteiger partial charge is 0.386 e. The van der Waals surface area contributed by atoms with Gasteiger partial charge in [0.15, 0.2) is 12.4 Å². The van der Waals surface area contributed by atoms with Gasteiger partial charge in [-0.2, -0.15) is 0 Å². The molecule has 0 aliphatic carbocycles. The second kappa shape index (κ2) is 7.73. The molecule has 0 saturated heterocycles. The molecule has 5 nitrogen and oxygen atoms in total. The lowest BCUT2D eigenvalue weighted by Crippen LogP contribution is -2.17. The molecule has 22 heavy (non-hydrogen) atoms. The number of benzene rings is 2. The number of hydrogen-bond donors (Lipinski definition) is 1. The molecule has 0 aliphatic heterocycles. The van der Waals surface area contributed by atoms with Crippen molar-refractivity contribution >= 4 is 23.6 Å². The fourth-order valence-corrected chi connectivity index (χ4v) is 1.72. The molecule has 0 aliphatic rings. The number of nitrogens with one attached hydrogen (secondary N) is 1. The van der Waals surface area contributed by atoms with Crippen LogP contribution in [-0.2, 0) is 9.63 Å².